The van der Waals surface area contributed by atoms with Crippen LogP contribution in [0.15, 0.2) is 90.5 Å². The number of hydrogen-bond donors (Lipinski definition) is 2. The van der Waals surface area contributed by atoms with E-state index in [4.69, 9.17) is 4.74 Å². The van der Waals surface area contributed by atoms with Gasteiger partial charge in [-0.1, -0.05) is 48.5 Å². The molecule has 6 heteroatoms. The lowest BCUT2D eigenvalue weighted by molar-refractivity contribution is -0.112. The van der Waals surface area contributed by atoms with E-state index in [9.17, 15) is 20.4 Å². The molecule has 0 aliphatic rings. The van der Waals surface area contributed by atoms with Gasteiger partial charge in [-0.05, 0) is 53.2 Å². The molecule has 0 spiro atoms. The molecule has 0 aromatic heterocycles. The van der Waals surface area contributed by atoms with E-state index in [-0.39, 0.29) is 17.9 Å². The lowest BCUT2D eigenvalue weighted by atomic mass is 10.0. The van der Waals surface area contributed by atoms with Crippen LogP contribution in [0.3, 0.4) is 0 Å². The van der Waals surface area contributed by atoms with Crippen LogP contribution in [-0.2, 0) is 11.4 Å². The zero-order valence-corrected chi connectivity index (χ0v) is 18.0. The number of nitrogens with zero attached hydrogens (tertiary/aromatic N) is 2. The highest BCUT2D eigenvalue weighted by atomic mass is 16.5. The predicted molar refractivity (Wildman–Crippen MR) is 130 cm³/mol. The smallest absolute Gasteiger partial charge is 0.266 e. The van der Waals surface area contributed by atoms with Gasteiger partial charge in [-0.25, -0.2) is 0 Å². The van der Waals surface area contributed by atoms with E-state index in [1.807, 2.05) is 48.5 Å². The van der Waals surface area contributed by atoms with Crippen LogP contribution in [0.4, 0.5) is 5.69 Å². The Morgan fingerprint density at radius 3 is 2.44 bits per heavy atom. The number of fused-ring (bicyclic) bond motifs is 1. The first kappa shape index (κ1) is 22.1. The fourth-order valence-corrected chi connectivity index (χ4v) is 3.50. The topological polar surface area (TPSA) is 106 Å². The molecular formula is C28H19N3O3. The summed E-state index contributed by atoms with van der Waals surface area (Å²) in [7, 11) is 0. The van der Waals surface area contributed by atoms with Crippen molar-refractivity contribution in [1.29, 1.82) is 10.5 Å². The Bertz CT molecular complexity index is 1480. The fourth-order valence-electron chi connectivity index (χ4n) is 3.50. The van der Waals surface area contributed by atoms with Crippen molar-refractivity contribution in [2.75, 3.05) is 5.32 Å². The molecule has 0 unspecified atom stereocenters. The molecule has 0 saturated carbocycles. The molecule has 0 bridgehead atoms. The Morgan fingerprint density at radius 1 is 0.941 bits per heavy atom. The van der Waals surface area contributed by atoms with Crippen LogP contribution in [-0.4, -0.2) is 11.0 Å². The quantitative estimate of drug-likeness (QED) is 0.230. The third-order valence-corrected chi connectivity index (χ3v) is 5.23. The van der Waals surface area contributed by atoms with Gasteiger partial charge in [0.1, 0.15) is 29.7 Å². The molecule has 4 aromatic rings. The summed E-state index contributed by atoms with van der Waals surface area (Å²) in [4.78, 5) is 12.8. The number of phenols is 1. The second-order valence-electron chi connectivity index (χ2n) is 7.43. The number of nitrogens with one attached hydrogen (secondary N) is 1. The lowest BCUT2D eigenvalue weighted by Crippen LogP contribution is -2.13. The molecule has 4 rings (SSSR count). The molecule has 4 aromatic carbocycles. The summed E-state index contributed by atoms with van der Waals surface area (Å²) in [5.41, 5.74) is 2.19. The fraction of sp³-hybridized carbons (Fsp3) is 0.0357. The number of anilines is 1. The lowest BCUT2D eigenvalue weighted by Gasteiger charge is -2.13. The minimum Gasteiger partial charge on any atom is -0.508 e. The normalized spacial score (nSPS) is 10.8. The first-order valence-corrected chi connectivity index (χ1v) is 10.4. The Kier molecular flexibility index (Phi) is 6.53. The number of carbonyl (C=O) groups excluding carboxylic acids is 1. The highest BCUT2D eigenvalue weighted by Crippen LogP contribution is 2.31. The standard InChI is InChI=1S/C28H19N3O3/c29-16-20-6-1-2-7-21(20)18-34-27-14-9-19-5-3-4-8-25(19)26(27)15-22(17-30)28(33)31-23-10-12-24(32)13-11-23/h1-15,32H,18H2,(H,31,33)/b22-15-. The van der Waals surface area contributed by atoms with Crippen LogP contribution in [0.1, 0.15) is 16.7 Å². The summed E-state index contributed by atoms with van der Waals surface area (Å²) in [6, 6.07) is 28.6. The predicted octanol–water partition coefficient (Wildman–Crippen LogP) is 5.54. The molecule has 0 saturated heterocycles. The number of aromatic hydroxyl groups is 1. The van der Waals surface area contributed by atoms with E-state index in [1.165, 1.54) is 18.2 Å². The number of benzene rings is 4. The van der Waals surface area contributed by atoms with Crippen LogP contribution in [0.2, 0.25) is 0 Å². The SMILES string of the molecule is N#C/C(=C/c1c(OCc2ccccc2C#N)ccc2ccccc12)C(=O)Nc1ccc(O)cc1. The van der Waals surface area contributed by atoms with Crippen LogP contribution in [0, 0.1) is 22.7 Å². The second-order valence-corrected chi connectivity index (χ2v) is 7.43. The summed E-state index contributed by atoms with van der Waals surface area (Å²) in [5.74, 6) is -0.0249. The zero-order chi connectivity index (χ0) is 23.9. The van der Waals surface area contributed by atoms with Crippen molar-refractivity contribution < 1.29 is 14.6 Å². The molecule has 0 aliphatic heterocycles. The van der Waals surface area contributed by atoms with Gasteiger partial charge in [0.05, 0.1) is 11.6 Å². The Morgan fingerprint density at radius 2 is 1.68 bits per heavy atom. The van der Waals surface area contributed by atoms with Crippen molar-refractivity contribution >= 4 is 28.4 Å². The molecule has 0 heterocycles. The van der Waals surface area contributed by atoms with Gasteiger partial charge < -0.3 is 15.2 Å². The maximum absolute atomic E-state index is 12.8. The van der Waals surface area contributed by atoms with E-state index in [2.05, 4.69) is 11.4 Å². The van der Waals surface area contributed by atoms with Crippen LogP contribution in [0.5, 0.6) is 11.5 Å². The average molecular weight is 445 g/mol. The minimum absolute atomic E-state index is 0.0737. The largest absolute Gasteiger partial charge is 0.508 e. The Labute approximate surface area is 196 Å². The molecule has 2 N–H and O–H groups in total. The van der Waals surface area contributed by atoms with Crippen molar-refractivity contribution in [2.45, 2.75) is 6.61 Å². The summed E-state index contributed by atoms with van der Waals surface area (Å²) in [6.45, 7) is 0.157. The van der Waals surface area contributed by atoms with Gasteiger partial charge in [0.15, 0.2) is 0 Å². The van der Waals surface area contributed by atoms with Crippen molar-refractivity contribution in [3.8, 4) is 23.6 Å². The first-order valence-electron chi connectivity index (χ1n) is 10.4. The number of amides is 1. The highest BCUT2D eigenvalue weighted by molar-refractivity contribution is 6.11. The number of phenolic OH excluding ortho intramolecular Hbond substituents is 1. The van der Waals surface area contributed by atoms with Gasteiger partial charge in [0.2, 0.25) is 0 Å². The van der Waals surface area contributed by atoms with Crippen LogP contribution >= 0.6 is 0 Å². The molecular weight excluding hydrogens is 426 g/mol. The van der Waals surface area contributed by atoms with E-state index in [1.54, 1.807) is 30.3 Å². The Balaban J connectivity index is 1.71. The van der Waals surface area contributed by atoms with Gasteiger partial charge in [-0.3, -0.25) is 4.79 Å². The van der Waals surface area contributed by atoms with E-state index >= 15 is 0 Å². The highest BCUT2D eigenvalue weighted by Gasteiger charge is 2.14. The molecule has 6 nitrogen and oxygen atoms in total. The molecule has 1 amide bonds. The van der Waals surface area contributed by atoms with Gasteiger partial charge in [0, 0.05) is 16.8 Å². The maximum Gasteiger partial charge on any atom is 0.266 e. The number of carbonyl (C=O) groups is 1. The molecule has 164 valence electrons. The number of rotatable bonds is 6. The van der Waals surface area contributed by atoms with Gasteiger partial charge in [-0.2, -0.15) is 10.5 Å². The molecule has 34 heavy (non-hydrogen) atoms. The van der Waals surface area contributed by atoms with Crippen molar-refractivity contribution in [3.05, 3.63) is 107 Å². The zero-order valence-electron chi connectivity index (χ0n) is 18.0. The average Bonchev–Trinajstić information content (AvgIpc) is 2.87. The van der Waals surface area contributed by atoms with Gasteiger partial charge in [-0.15, -0.1) is 0 Å². The molecule has 0 aliphatic carbocycles. The van der Waals surface area contributed by atoms with Crippen LogP contribution < -0.4 is 10.1 Å². The maximum atomic E-state index is 12.8. The van der Waals surface area contributed by atoms with Gasteiger partial charge >= 0.3 is 0 Å². The summed E-state index contributed by atoms with van der Waals surface area (Å²) in [5, 5.41) is 32.9. The van der Waals surface area contributed by atoms with Crippen LogP contribution in [0.25, 0.3) is 16.8 Å². The molecule has 0 atom stereocenters. The second kappa shape index (κ2) is 10.0. The summed E-state index contributed by atoms with van der Waals surface area (Å²) < 4.78 is 6.07. The molecule has 0 radical (unpaired) electrons. The monoisotopic (exact) mass is 445 g/mol. The van der Waals surface area contributed by atoms with Crippen molar-refractivity contribution in [3.63, 3.8) is 0 Å². The Hall–Kier alpha value is -5.07. The first-order chi connectivity index (χ1) is 16.6. The summed E-state index contributed by atoms with van der Waals surface area (Å²) >= 11 is 0. The summed E-state index contributed by atoms with van der Waals surface area (Å²) in [6.07, 6.45) is 1.50. The number of ether oxygens (including phenoxy) is 1. The van der Waals surface area contributed by atoms with E-state index in [0.29, 0.717) is 22.6 Å². The van der Waals surface area contributed by atoms with Gasteiger partial charge in [0.25, 0.3) is 5.91 Å². The third-order valence-electron chi connectivity index (χ3n) is 5.23. The van der Waals surface area contributed by atoms with E-state index in [0.717, 1.165) is 16.3 Å². The number of nitriles is 2. The van der Waals surface area contributed by atoms with Crippen molar-refractivity contribution in [1.82, 2.24) is 0 Å². The number of hydrogen-bond acceptors (Lipinski definition) is 5. The van der Waals surface area contributed by atoms with E-state index < -0.39 is 5.91 Å². The minimum atomic E-state index is -0.582. The molecule has 0 fully saturated rings. The third kappa shape index (κ3) is 4.88. The van der Waals surface area contributed by atoms with Crippen molar-refractivity contribution in [2.24, 2.45) is 0 Å².